The summed E-state index contributed by atoms with van der Waals surface area (Å²) in [6, 6.07) is 4.37. The van der Waals surface area contributed by atoms with Gasteiger partial charge in [-0.3, -0.25) is 9.88 Å². The molecule has 2 fully saturated rings. The van der Waals surface area contributed by atoms with E-state index in [2.05, 4.69) is 24.0 Å². The highest BCUT2D eigenvalue weighted by atomic mass is 16.5. The van der Waals surface area contributed by atoms with Crippen LogP contribution in [-0.2, 0) is 16.0 Å². The lowest BCUT2D eigenvalue weighted by Crippen LogP contribution is -2.24. The molecule has 3 heterocycles. The second-order valence-electron chi connectivity index (χ2n) is 5.93. The standard InChI is InChI=1S/C16H24N2O2/c1-12-3-4-15(13-6-8-20-11-13)16(17-12)10-18-7-5-14(9-18)19-2/h3-4,13-14H,5-11H2,1-2H3/t13?,14-/m0/s1. The van der Waals surface area contributed by atoms with Crippen LogP contribution in [0.15, 0.2) is 12.1 Å². The summed E-state index contributed by atoms with van der Waals surface area (Å²) in [6.07, 6.45) is 2.64. The first-order chi connectivity index (χ1) is 9.76. The summed E-state index contributed by atoms with van der Waals surface area (Å²) >= 11 is 0. The molecule has 1 aromatic heterocycles. The van der Waals surface area contributed by atoms with Crippen LogP contribution in [0.5, 0.6) is 0 Å². The Kier molecular flexibility index (Phi) is 4.34. The maximum Gasteiger partial charge on any atom is 0.0710 e. The zero-order valence-electron chi connectivity index (χ0n) is 12.5. The number of aryl methyl sites for hydroxylation is 1. The Bertz CT molecular complexity index is 458. The van der Waals surface area contributed by atoms with E-state index in [0.717, 1.165) is 51.4 Å². The van der Waals surface area contributed by atoms with Crippen molar-refractivity contribution >= 4 is 0 Å². The third kappa shape index (κ3) is 3.03. The summed E-state index contributed by atoms with van der Waals surface area (Å²) in [5, 5.41) is 0. The fourth-order valence-electron chi connectivity index (χ4n) is 3.24. The van der Waals surface area contributed by atoms with E-state index in [9.17, 15) is 0 Å². The Morgan fingerprint density at radius 1 is 1.40 bits per heavy atom. The fourth-order valence-corrected chi connectivity index (χ4v) is 3.24. The van der Waals surface area contributed by atoms with Crippen molar-refractivity contribution < 1.29 is 9.47 Å². The lowest BCUT2D eigenvalue weighted by atomic mass is 9.96. The van der Waals surface area contributed by atoms with Crippen molar-refractivity contribution in [2.24, 2.45) is 0 Å². The number of ether oxygens (including phenoxy) is 2. The number of rotatable bonds is 4. The van der Waals surface area contributed by atoms with Gasteiger partial charge in [0.1, 0.15) is 0 Å². The average molecular weight is 276 g/mol. The molecule has 0 radical (unpaired) electrons. The molecule has 1 unspecified atom stereocenters. The summed E-state index contributed by atoms with van der Waals surface area (Å²) in [5.41, 5.74) is 3.72. The van der Waals surface area contributed by atoms with Gasteiger partial charge in [-0.15, -0.1) is 0 Å². The Hall–Kier alpha value is -0.970. The maximum absolute atomic E-state index is 5.54. The molecule has 3 rings (SSSR count). The molecule has 2 aliphatic heterocycles. The summed E-state index contributed by atoms with van der Waals surface area (Å²) < 4.78 is 11.0. The van der Waals surface area contributed by atoms with Crippen LogP contribution in [0.4, 0.5) is 0 Å². The minimum atomic E-state index is 0.387. The molecule has 0 aromatic carbocycles. The Balaban J connectivity index is 1.75. The predicted octanol–water partition coefficient (Wildman–Crippen LogP) is 2.11. The zero-order valence-corrected chi connectivity index (χ0v) is 12.5. The van der Waals surface area contributed by atoms with Crippen molar-refractivity contribution in [3.63, 3.8) is 0 Å². The van der Waals surface area contributed by atoms with Crippen LogP contribution in [0.3, 0.4) is 0 Å². The molecule has 0 amide bonds. The molecule has 110 valence electrons. The van der Waals surface area contributed by atoms with E-state index >= 15 is 0 Å². The van der Waals surface area contributed by atoms with Gasteiger partial charge in [0, 0.05) is 45.0 Å². The van der Waals surface area contributed by atoms with Crippen molar-refractivity contribution in [1.29, 1.82) is 0 Å². The molecule has 1 aromatic rings. The van der Waals surface area contributed by atoms with E-state index in [1.165, 1.54) is 11.3 Å². The summed E-state index contributed by atoms with van der Waals surface area (Å²) in [4.78, 5) is 7.25. The average Bonchev–Trinajstić information content (AvgIpc) is 3.10. The van der Waals surface area contributed by atoms with E-state index in [1.807, 2.05) is 0 Å². The van der Waals surface area contributed by atoms with Gasteiger partial charge in [-0.2, -0.15) is 0 Å². The van der Waals surface area contributed by atoms with Crippen molar-refractivity contribution in [1.82, 2.24) is 9.88 Å². The fraction of sp³-hybridized carbons (Fsp3) is 0.688. The number of pyridine rings is 1. The minimum Gasteiger partial charge on any atom is -0.381 e. The lowest BCUT2D eigenvalue weighted by Gasteiger charge is -2.20. The number of aromatic nitrogens is 1. The molecular formula is C16H24N2O2. The molecule has 4 heteroatoms. The normalized spacial score (nSPS) is 27.3. The van der Waals surface area contributed by atoms with Gasteiger partial charge in [0.25, 0.3) is 0 Å². The van der Waals surface area contributed by atoms with Crippen LogP contribution in [0.2, 0.25) is 0 Å². The first-order valence-electron chi connectivity index (χ1n) is 7.55. The van der Waals surface area contributed by atoms with E-state index in [4.69, 9.17) is 14.5 Å². The number of methoxy groups -OCH3 is 1. The molecule has 4 nitrogen and oxygen atoms in total. The summed E-state index contributed by atoms with van der Waals surface area (Å²) in [7, 11) is 1.81. The smallest absolute Gasteiger partial charge is 0.0710 e. The zero-order chi connectivity index (χ0) is 13.9. The van der Waals surface area contributed by atoms with Crippen molar-refractivity contribution in [3.05, 3.63) is 29.1 Å². The van der Waals surface area contributed by atoms with E-state index < -0.39 is 0 Å². The second kappa shape index (κ2) is 6.20. The first kappa shape index (κ1) is 14.0. The lowest BCUT2D eigenvalue weighted by molar-refractivity contribution is 0.107. The molecule has 2 atom stereocenters. The van der Waals surface area contributed by atoms with Gasteiger partial charge in [0.05, 0.1) is 18.4 Å². The van der Waals surface area contributed by atoms with Crippen LogP contribution in [0.25, 0.3) is 0 Å². The highest BCUT2D eigenvalue weighted by Gasteiger charge is 2.26. The molecule has 0 spiro atoms. The van der Waals surface area contributed by atoms with Gasteiger partial charge in [0.2, 0.25) is 0 Å². The van der Waals surface area contributed by atoms with E-state index in [0.29, 0.717) is 12.0 Å². The molecular weight excluding hydrogens is 252 g/mol. The number of nitrogens with zero attached hydrogens (tertiary/aromatic N) is 2. The van der Waals surface area contributed by atoms with E-state index in [1.54, 1.807) is 7.11 Å². The summed E-state index contributed by atoms with van der Waals surface area (Å²) in [6.45, 7) is 6.86. The molecule has 0 N–H and O–H groups in total. The summed E-state index contributed by atoms with van der Waals surface area (Å²) in [5.74, 6) is 0.527. The molecule has 20 heavy (non-hydrogen) atoms. The largest absolute Gasteiger partial charge is 0.381 e. The Labute approximate surface area is 121 Å². The van der Waals surface area contributed by atoms with Crippen LogP contribution < -0.4 is 0 Å². The molecule has 0 saturated carbocycles. The van der Waals surface area contributed by atoms with Gasteiger partial charge in [-0.25, -0.2) is 0 Å². The molecule has 0 aliphatic carbocycles. The van der Waals surface area contributed by atoms with Crippen molar-refractivity contribution in [2.75, 3.05) is 33.4 Å². The van der Waals surface area contributed by atoms with Gasteiger partial charge < -0.3 is 9.47 Å². The Morgan fingerprint density at radius 2 is 2.30 bits per heavy atom. The van der Waals surface area contributed by atoms with Crippen molar-refractivity contribution in [3.8, 4) is 0 Å². The highest BCUT2D eigenvalue weighted by Crippen LogP contribution is 2.28. The topological polar surface area (TPSA) is 34.6 Å². The number of hydrogen-bond acceptors (Lipinski definition) is 4. The monoisotopic (exact) mass is 276 g/mol. The van der Waals surface area contributed by atoms with Crippen LogP contribution in [0, 0.1) is 6.92 Å². The Morgan fingerprint density at radius 3 is 3.00 bits per heavy atom. The van der Waals surface area contributed by atoms with Crippen molar-refractivity contribution in [2.45, 2.75) is 38.3 Å². The SMILES string of the molecule is CO[C@H]1CCN(Cc2nc(C)ccc2C2CCOC2)C1. The molecule has 2 aliphatic rings. The van der Waals surface area contributed by atoms with Crippen LogP contribution >= 0.6 is 0 Å². The van der Waals surface area contributed by atoms with Gasteiger partial charge in [0.15, 0.2) is 0 Å². The number of likely N-dealkylation sites (tertiary alicyclic amines) is 1. The first-order valence-corrected chi connectivity index (χ1v) is 7.55. The minimum absolute atomic E-state index is 0.387. The molecule has 2 saturated heterocycles. The van der Waals surface area contributed by atoms with E-state index in [-0.39, 0.29) is 0 Å². The molecule has 0 bridgehead atoms. The van der Waals surface area contributed by atoms with Gasteiger partial charge in [-0.05, 0) is 31.4 Å². The van der Waals surface area contributed by atoms with Crippen LogP contribution in [0.1, 0.15) is 35.7 Å². The van der Waals surface area contributed by atoms with Crippen LogP contribution in [-0.4, -0.2) is 49.4 Å². The highest BCUT2D eigenvalue weighted by molar-refractivity contribution is 5.27. The third-order valence-corrected chi connectivity index (χ3v) is 4.45. The predicted molar refractivity (Wildman–Crippen MR) is 77.8 cm³/mol. The number of hydrogen-bond donors (Lipinski definition) is 0. The van der Waals surface area contributed by atoms with Gasteiger partial charge >= 0.3 is 0 Å². The quantitative estimate of drug-likeness (QED) is 0.843. The maximum atomic E-state index is 5.54. The second-order valence-corrected chi connectivity index (χ2v) is 5.93. The third-order valence-electron chi connectivity index (χ3n) is 4.45. The van der Waals surface area contributed by atoms with Gasteiger partial charge in [-0.1, -0.05) is 6.07 Å².